The summed E-state index contributed by atoms with van der Waals surface area (Å²) in [7, 11) is 1.59. The number of hydrogen-bond acceptors (Lipinski definition) is 5. The summed E-state index contributed by atoms with van der Waals surface area (Å²) in [5.41, 5.74) is 3.23. The largest absolute Gasteiger partial charge is 0.390 e. The molecule has 3 saturated carbocycles. The summed E-state index contributed by atoms with van der Waals surface area (Å²) in [5, 5.41) is 31.5. The maximum atomic E-state index is 10.7. The molecule has 3 N–H and O–H groups in total. The predicted molar refractivity (Wildman–Crippen MR) is 145 cm³/mol. The molecule has 0 amide bonds. The number of hydrogen-bond donors (Lipinski definition) is 3. The molecule has 0 aromatic heterocycles. The van der Waals surface area contributed by atoms with Crippen LogP contribution in [0, 0.1) is 23.2 Å². The van der Waals surface area contributed by atoms with Crippen molar-refractivity contribution in [3.8, 4) is 0 Å². The van der Waals surface area contributed by atoms with Gasteiger partial charge in [-0.15, -0.1) is 0 Å². The molecule has 0 aliphatic heterocycles. The Morgan fingerprint density at radius 2 is 1.86 bits per heavy atom. The van der Waals surface area contributed by atoms with E-state index < -0.39 is 17.8 Å². The van der Waals surface area contributed by atoms with E-state index in [0.29, 0.717) is 43.1 Å². The summed E-state index contributed by atoms with van der Waals surface area (Å²) >= 11 is 0. The highest BCUT2D eigenvalue weighted by molar-refractivity contribution is 5.30. The second-order valence-corrected chi connectivity index (χ2v) is 12.6. The van der Waals surface area contributed by atoms with Crippen LogP contribution in [-0.2, 0) is 9.47 Å². The van der Waals surface area contributed by atoms with Crippen LogP contribution in [0.3, 0.4) is 0 Å². The highest BCUT2D eigenvalue weighted by atomic mass is 16.7. The maximum Gasteiger partial charge on any atom is 0.146 e. The lowest BCUT2D eigenvalue weighted by Crippen LogP contribution is -2.36. The minimum Gasteiger partial charge on any atom is -0.390 e. The van der Waals surface area contributed by atoms with Gasteiger partial charge in [-0.3, -0.25) is 0 Å². The minimum atomic E-state index is -0.627. The third kappa shape index (κ3) is 7.77. The molecule has 0 radical (unpaired) electrons. The summed E-state index contributed by atoms with van der Waals surface area (Å²) in [6.07, 6.45) is 16.5. The van der Waals surface area contributed by atoms with Crippen molar-refractivity contribution in [3.63, 3.8) is 0 Å². The zero-order valence-corrected chi connectivity index (χ0v) is 23.5. The van der Waals surface area contributed by atoms with Crippen molar-refractivity contribution >= 4 is 0 Å². The van der Waals surface area contributed by atoms with Crippen molar-refractivity contribution in [2.45, 2.75) is 116 Å². The molecular weight excluding hydrogens is 452 g/mol. The summed E-state index contributed by atoms with van der Waals surface area (Å²) in [5.74, 6) is 2.08. The first-order valence-electron chi connectivity index (χ1n) is 14.3. The summed E-state index contributed by atoms with van der Waals surface area (Å²) in [4.78, 5) is 0. The second-order valence-electron chi connectivity index (χ2n) is 12.6. The van der Waals surface area contributed by atoms with Crippen molar-refractivity contribution in [1.82, 2.24) is 0 Å². The van der Waals surface area contributed by atoms with E-state index in [2.05, 4.69) is 26.0 Å². The van der Waals surface area contributed by atoms with Crippen molar-refractivity contribution in [3.05, 3.63) is 34.9 Å². The zero-order chi connectivity index (χ0) is 26.3. The predicted octanol–water partition coefficient (Wildman–Crippen LogP) is 6.09. The Hall–Kier alpha value is -0.980. The Labute approximate surface area is 219 Å². The van der Waals surface area contributed by atoms with E-state index >= 15 is 0 Å². The smallest absolute Gasteiger partial charge is 0.146 e. The zero-order valence-electron chi connectivity index (χ0n) is 23.5. The number of aliphatic hydroxyl groups is 3. The fraction of sp³-hybridized carbons (Fsp3) is 0.806. The number of rotatable bonds is 11. The van der Waals surface area contributed by atoms with E-state index in [1.807, 2.05) is 19.9 Å². The quantitative estimate of drug-likeness (QED) is 0.180. The van der Waals surface area contributed by atoms with Crippen LogP contribution < -0.4 is 0 Å². The van der Waals surface area contributed by atoms with Gasteiger partial charge in [0.05, 0.1) is 24.4 Å². The van der Waals surface area contributed by atoms with Gasteiger partial charge in [0.1, 0.15) is 6.79 Å². The normalized spacial score (nSPS) is 33.1. The third-order valence-corrected chi connectivity index (χ3v) is 9.23. The van der Waals surface area contributed by atoms with Gasteiger partial charge in [-0.05, 0) is 100 Å². The fourth-order valence-corrected chi connectivity index (χ4v) is 7.39. The Morgan fingerprint density at radius 3 is 2.53 bits per heavy atom. The van der Waals surface area contributed by atoms with Crippen molar-refractivity contribution in [2.75, 3.05) is 20.5 Å². The summed E-state index contributed by atoms with van der Waals surface area (Å²) in [6, 6.07) is 0. The van der Waals surface area contributed by atoms with Crippen molar-refractivity contribution < 1.29 is 24.8 Å². The van der Waals surface area contributed by atoms with Gasteiger partial charge < -0.3 is 24.8 Å². The molecule has 206 valence electrons. The molecule has 0 unspecified atom stereocenters. The van der Waals surface area contributed by atoms with Crippen LogP contribution in [0.2, 0.25) is 0 Å². The topological polar surface area (TPSA) is 79.2 Å². The van der Waals surface area contributed by atoms with Gasteiger partial charge in [-0.2, -0.15) is 0 Å². The Kier molecular flexibility index (Phi) is 10.8. The lowest BCUT2D eigenvalue weighted by atomic mass is 9.60. The van der Waals surface area contributed by atoms with Crippen LogP contribution in [0.4, 0.5) is 0 Å². The molecule has 0 aromatic rings. The van der Waals surface area contributed by atoms with Crippen molar-refractivity contribution in [2.24, 2.45) is 23.2 Å². The molecule has 0 spiro atoms. The van der Waals surface area contributed by atoms with E-state index in [-0.39, 0.29) is 6.79 Å². The van der Waals surface area contributed by atoms with Gasteiger partial charge >= 0.3 is 0 Å². The molecule has 3 rings (SSSR count). The van der Waals surface area contributed by atoms with Crippen LogP contribution in [0.1, 0.15) is 98.3 Å². The molecule has 3 fully saturated rings. The van der Waals surface area contributed by atoms with Crippen LogP contribution in [0.5, 0.6) is 0 Å². The van der Waals surface area contributed by atoms with Gasteiger partial charge in [0, 0.05) is 7.11 Å². The van der Waals surface area contributed by atoms with Crippen LogP contribution in [-0.4, -0.2) is 53.6 Å². The summed E-state index contributed by atoms with van der Waals surface area (Å²) < 4.78 is 10.2. The molecular formula is C31H52O5. The Bertz CT molecular complexity index is 775. The number of methoxy groups -OCH3 is 1. The van der Waals surface area contributed by atoms with E-state index in [1.54, 1.807) is 12.7 Å². The molecule has 36 heavy (non-hydrogen) atoms. The SMILES string of the molecule is COCOCCC=C1[C@H](O)CC(=CC=C2CCC[C@]3(C)[C@@H]([C@H](C)CCCC(C)(C)O)CC[C@@H]23)C[C@H]1O. The molecule has 0 aromatic carbocycles. The average Bonchev–Trinajstić information content (AvgIpc) is 3.15. The highest BCUT2D eigenvalue weighted by Gasteiger charge is 2.50. The molecule has 0 heterocycles. The third-order valence-electron chi connectivity index (χ3n) is 9.23. The summed E-state index contributed by atoms with van der Waals surface area (Å²) in [6.45, 7) is 9.57. The standard InChI is InChI=1S/C31H52O5/c1-22(9-6-16-30(2,3)34)26-14-15-27-24(10-7-17-31(26,27)4)13-12-23-19-28(32)25(29(33)20-23)11-8-18-36-21-35-5/h11-13,22,26-29,32-34H,6-10,14-21H2,1-5H3/t22-,26-,27+,28-,29-,31-/m1/s1. The molecule has 3 aliphatic carbocycles. The fourth-order valence-electron chi connectivity index (χ4n) is 7.39. The van der Waals surface area contributed by atoms with Crippen LogP contribution in [0.25, 0.3) is 0 Å². The first kappa shape index (κ1) is 29.6. The van der Waals surface area contributed by atoms with E-state index in [0.717, 1.165) is 29.9 Å². The average molecular weight is 505 g/mol. The van der Waals surface area contributed by atoms with Gasteiger partial charge in [0.2, 0.25) is 0 Å². The molecule has 5 nitrogen and oxygen atoms in total. The lowest BCUT2D eigenvalue weighted by molar-refractivity contribution is -0.0287. The number of ether oxygens (including phenoxy) is 2. The van der Waals surface area contributed by atoms with Crippen molar-refractivity contribution in [1.29, 1.82) is 0 Å². The first-order valence-corrected chi connectivity index (χ1v) is 14.3. The first-order chi connectivity index (χ1) is 17.0. The van der Waals surface area contributed by atoms with Gasteiger partial charge in [-0.25, -0.2) is 0 Å². The molecule has 5 heteroatoms. The van der Waals surface area contributed by atoms with E-state index in [4.69, 9.17) is 9.47 Å². The van der Waals surface area contributed by atoms with E-state index in [1.165, 1.54) is 38.5 Å². The molecule has 3 aliphatic rings. The molecule has 6 atom stereocenters. The highest BCUT2D eigenvalue weighted by Crippen LogP contribution is 2.60. The van der Waals surface area contributed by atoms with Gasteiger partial charge in [0.25, 0.3) is 0 Å². The molecule has 0 bridgehead atoms. The Morgan fingerprint density at radius 1 is 1.14 bits per heavy atom. The number of aliphatic hydroxyl groups excluding tert-OH is 2. The number of fused-ring (bicyclic) bond motifs is 1. The van der Waals surface area contributed by atoms with Crippen LogP contribution in [0.15, 0.2) is 34.9 Å². The van der Waals surface area contributed by atoms with Gasteiger partial charge in [0.15, 0.2) is 0 Å². The van der Waals surface area contributed by atoms with Gasteiger partial charge in [-0.1, -0.05) is 56.1 Å². The number of allylic oxidation sites excluding steroid dienone is 3. The second kappa shape index (κ2) is 13.2. The maximum absolute atomic E-state index is 10.7. The molecule has 0 saturated heterocycles. The van der Waals surface area contributed by atoms with Crippen LogP contribution >= 0.6 is 0 Å². The Balaban J connectivity index is 1.61. The van der Waals surface area contributed by atoms with E-state index in [9.17, 15) is 15.3 Å². The minimum absolute atomic E-state index is 0.261. The monoisotopic (exact) mass is 504 g/mol. The lowest BCUT2D eigenvalue weighted by Gasteiger charge is -2.44.